The molecule has 0 saturated carbocycles. The Morgan fingerprint density at radius 2 is 1.82 bits per heavy atom. The van der Waals surface area contributed by atoms with Gasteiger partial charge in [-0.05, 0) is 35.4 Å². The number of hydrogen-bond acceptors (Lipinski definition) is 5. The van der Waals surface area contributed by atoms with Crippen LogP contribution in [0.3, 0.4) is 0 Å². The number of aliphatic carboxylic acids is 1. The molecular formula is C22H21NO5. The predicted molar refractivity (Wildman–Crippen MR) is 103 cm³/mol. The number of fused-ring (bicyclic) bond motifs is 2. The first-order valence-corrected chi connectivity index (χ1v) is 9.47. The van der Waals surface area contributed by atoms with E-state index in [4.69, 9.17) is 19.3 Å². The maximum atomic E-state index is 11.0. The van der Waals surface area contributed by atoms with E-state index in [9.17, 15) is 4.79 Å². The Morgan fingerprint density at radius 1 is 1.04 bits per heavy atom. The summed E-state index contributed by atoms with van der Waals surface area (Å²) in [6, 6.07) is 14.1. The molecule has 2 aromatic carbocycles. The van der Waals surface area contributed by atoms with Gasteiger partial charge < -0.3 is 19.3 Å². The second-order valence-electron chi connectivity index (χ2n) is 7.46. The Balaban J connectivity index is 1.51. The maximum absolute atomic E-state index is 11.0. The van der Waals surface area contributed by atoms with Gasteiger partial charge in [-0.2, -0.15) is 0 Å². The molecule has 0 aliphatic carbocycles. The number of ether oxygens (including phenoxy) is 3. The van der Waals surface area contributed by atoms with Crippen LogP contribution in [-0.4, -0.2) is 48.0 Å². The molecule has 6 heteroatoms. The van der Waals surface area contributed by atoms with Crippen molar-refractivity contribution in [2.45, 2.75) is 18.4 Å². The van der Waals surface area contributed by atoms with E-state index in [1.54, 1.807) is 0 Å². The summed E-state index contributed by atoms with van der Waals surface area (Å²) in [6.45, 7) is 1.71. The van der Waals surface area contributed by atoms with Crippen molar-refractivity contribution in [3.8, 4) is 17.2 Å². The van der Waals surface area contributed by atoms with Crippen molar-refractivity contribution in [3.63, 3.8) is 0 Å². The van der Waals surface area contributed by atoms with Gasteiger partial charge in [-0.15, -0.1) is 0 Å². The largest absolute Gasteiger partial charge is 0.482 e. The lowest BCUT2D eigenvalue weighted by molar-refractivity contribution is -0.139. The Kier molecular flexibility index (Phi) is 4.02. The Hall–Kier alpha value is -2.99. The number of piperidine rings is 1. The standard InChI is InChI=1S/C22H21NO5/c24-21(25)13-23-9-7-22(8-10-23)12-17(16-3-1-2-4-18(16)28-22)15-5-6-19-20(11-15)27-14-26-19/h1-6,11-12H,7-10,13-14H2,(H,24,25). The summed E-state index contributed by atoms with van der Waals surface area (Å²) in [5, 5.41) is 9.06. The minimum absolute atomic E-state index is 0.0748. The summed E-state index contributed by atoms with van der Waals surface area (Å²) < 4.78 is 17.5. The van der Waals surface area contributed by atoms with Crippen molar-refractivity contribution in [2.75, 3.05) is 26.4 Å². The number of likely N-dealkylation sites (tertiary alicyclic amines) is 1. The molecule has 0 radical (unpaired) electrons. The van der Waals surface area contributed by atoms with Gasteiger partial charge in [0.2, 0.25) is 6.79 Å². The van der Waals surface area contributed by atoms with E-state index in [0.717, 1.165) is 46.8 Å². The molecule has 144 valence electrons. The second-order valence-corrected chi connectivity index (χ2v) is 7.46. The van der Waals surface area contributed by atoms with Crippen molar-refractivity contribution in [2.24, 2.45) is 0 Å². The first-order valence-electron chi connectivity index (χ1n) is 9.47. The minimum atomic E-state index is -0.789. The lowest BCUT2D eigenvalue weighted by atomic mass is 9.83. The minimum Gasteiger partial charge on any atom is -0.482 e. The number of carbonyl (C=O) groups is 1. The Bertz CT molecular complexity index is 959. The SMILES string of the molecule is O=C(O)CN1CCC2(C=C(c3ccc4c(c3)OCO4)c3ccccc3O2)CC1. The van der Waals surface area contributed by atoms with Crippen LogP contribution in [0.25, 0.3) is 5.57 Å². The number of para-hydroxylation sites is 1. The molecule has 5 rings (SSSR count). The molecule has 2 aromatic rings. The monoisotopic (exact) mass is 379 g/mol. The van der Waals surface area contributed by atoms with E-state index in [1.807, 2.05) is 35.2 Å². The highest BCUT2D eigenvalue weighted by molar-refractivity contribution is 5.85. The summed E-state index contributed by atoms with van der Waals surface area (Å²) in [5.74, 6) is 1.60. The number of carboxylic acids is 1. The fourth-order valence-electron chi connectivity index (χ4n) is 4.20. The van der Waals surface area contributed by atoms with E-state index in [0.29, 0.717) is 13.1 Å². The molecule has 0 aromatic heterocycles. The highest BCUT2D eigenvalue weighted by Gasteiger charge is 2.39. The van der Waals surface area contributed by atoms with Crippen molar-refractivity contribution < 1.29 is 24.1 Å². The van der Waals surface area contributed by atoms with E-state index < -0.39 is 11.6 Å². The molecule has 0 atom stereocenters. The summed E-state index contributed by atoms with van der Waals surface area (Å²) in [4.78, 5) is 13.0. The fraction of sp³-hybridized carbons (Fsp3) is 0.318. The van der Waals surface area contributed by atoms with Crippen molar-refractivity contribution in [3.05, 3.63) is 59.7 Å². The van der Waals surface area contributed by atoms with Crippen molar-refractivity contribution >= 4 is 11.5 Å². The molecule has 0 bridgehead atoms. The van der Waals surface area contributed by atoms with Gasteiger partial charge in [-0.1, -0.05) is 24.3 Å². The number of hydrogen-bond donors (Lipinski definition) is 1. The summed E-state index contributed by atoms with van der Waals surface area (Å²) in [5.41, 5.74) is 2.81. The number of carboxylic acid groups (broad SMARTS) is 1. The van der Waals surface area contributed by atoms with Gasteiger partial charge >= 0.3 is 5.97 Å². The first kappa shape index (κ1) is 17.1. The maximum Gasteiger partial charge on any atom is 0.317 e. The average molecular weight is 379 g/mol. The molecule has 0 amide bonds. The van der Waals surface area contributed by atoms with Crippen LogP contribution < -0.4 is 14.2 Å². The topological polar surface area (TPSA) is 68.2 Å². The number of rotatable bonds is 3. The zero-order valence-electron chi connectivity index (χ0n) is 15.4. The molecular weight excluding hydrogens is 358 g/mol. The van der Waals surface area contributed by atoms with Gasteiger partial charge in [0, 0.05) is 31.5 Å². The Morgan fingerprint density at radius 3 is 2.64 bits per heavy atom. The van der Waals surface area contributed by atoms with Crippen LogP contribution in [0.4, 0.5) is 0 Å². The van der Waals surface area contributed by atoms with Crippen LogP contribution in [0.15, 0.2) is 48.5 Å². The van der Waals surface area contributed by atoms with Crippen LogP contribution in [0.2, 0.25) is 0 Å². The van der Waals surface area contributed by atoms with E-state index in [-0.39, 0.29) is 13.3 Å². The van der Waals surface area contributed by atoms with Gasteiger partial charge in [0.05, 0.1) is 6.54 Å². The molecule has 1 spiro atoms. The third-order valence-electron chi connectivity index (χ3n) is 5.64. The number of benzene rings is 2. The summed E-state index contributed by atoms with van der Waals surface area (Å²) in [7, 11) is 0. The lowest BCUT2D eigenvalue weighted by Crippen LogP contribution is -2.49. The fourth-order valence-corrected chi connectivity index (χ4v) is 4.20. The normalized spacial score (nSPS) is 19.6. The highest BCUT2D eigenvalue weighted by Crippen LogP contribution is 2.45. The number of nitrogens with zero attached hydrogens (tertiary/aromatic N) is 1. The van der Waals surface area contributed by atoms with Gasteiger partial charge in [0.1, 0.15) is 11.4 Å². The quantitative estimate of drug-likeness (QED) is 0.884. The highest BCUT2D eigenvalue weighted by atomic mass is 16.7. The van der Waals surface area contributed by atoms with Crippen LogP contribution in [0.5, 0.6) is 17.2 Å². The molecule has 3 aliphatic heterocycles. The van der Waals surface area contributed by atoms with Crippen molar-refractivity contribution in [1.29, 1.82) is 0 Å². The van der Waals surface area contributed by atoms with Crippen LogP contribution >= 0.6 is 0 Å². The molecule has 1 fully saturated rings. The molecule has 3 heterocycles. The van der Waals surface area contributed by atoms with Gasteiger partial charge in [0.25, 0.3) is 0 Å². The third kappa shape index (κ3) is 2.99. The van der Waals surface area contributed by atoms with Gasteiger partial charge in [0.15, 0.2) is 11.5 Å². The van der Waals surface area contributed by atoms with E-state index >= 15 is 0 Å². The second kappa shape index (κ2) is 6.56. The molecule has 1 saturated heterocycles. The first-order chi connectivity index (χ1) is 13.6. The smallest absolute Gasteiger partial charge is 0.317 e. The summed E-state index contributed by atoms with van der Waals surface area (Å²) in [6.07, 6.45) is 3.72. The molecule has 1 N–H and O–H groups in total. The Labute approximate surface area is 162 Å². The van der Waals surface area contributed by atoms with Gasteiger partial charge in [-0.3, -0.25) is 9.69 Å². The third-order valence-corrected chi connectivity index (χ3v) is 5.64. The average Bonchev–Trinajstić information content (AvgIpc) is 3.17. The van der Waals surface area contributed by atoms with Crippen LogP contribution in [0.1, 0.15) is 24.0 Å². The van der Waals surface area contributed by atoms with E-state index in [2.05, 4.69) is 18.2 Å². The molecule has 3 aliphatic rings. The van der Waals surface area contributed by atoms with Crippen LogP contribution in [0, 0.1) is 0 Å². The zero-order chi connectivity index (χ0) is 19.1. The van der Waals surface area contributed by atoms with Crippen molar-refractivity contribution in [1.82, 2.24) is 4.90 Å². The zero-order valence-corrected chi connectivity index (χ0v) is 15.4. The van der Waals surface area contributed by atoms with Crippen LogP contribution in [-0.2, 0) is 4.79 Å². The lowest BCUT2D eigenvalue weighted by Gasteiger charge is -2.42. The molecule has 6 nitrogen and oxygen atoms in total. The van der Waals surface area contributed by atoms with Gasteiger partial charge in [-0.25, -0.2) is 0 Å². The molecule has 28 heavy (non-hydrogen) atoms. The predicted octanol–water partition coefficient (Wildman–Crippen LogP) is 3.16. The molecule has 0 unspecified atom stereocenters. The van der Waals surface area contributed by atoms with E-state index in [1.165, 1.54) is 0 Å². The summed E-state index contributed by atoms with van der Waals surface area (Å²) >= 11 is 0.